The summed E-state index contributed by atoms with van der Waals surface area (Å²) in [7, 11) is 5.85. The topological polar surface area (TPSA) is 140 Å². The molecule has 0 saturated carbocycles. The van der Waals surface area contributed by atoms with E-state index in [1.807, 2.05) is 17.5 Å². The molecule has 4 aromatic rings. The molecule has 0 aliphatic carbocycles. The second-order valence-corrected chi connectivity index (χ2v) is 8.44. The molecule has 0 aliphatic rings. The van der Waals surface area contributed by atoms with Crippen LogP contribution in [0.25, 0.3) is 16.4 Å². The number of methoxy groups -OCH3 is 4. The van der Waals surface area contributed by atoms with Crippen molar-refractivity contribution in [3.05, 3.63) is 63.1 Å². The second-order valence-electron chi connectivity index (χ2n) is 7.60. The van der Waals surface area contributed by atoms with Crippen LogP contribution in [0.15, 0.2) is 41.8 Å². The second kappa shape index (κ2) is 10.5. The molecule has 0 saturated heterocycles. The Kier molecular flexibility index (Phi) is 7.25. The van der Waals surface area contributed by atoms with E-state index in [0.717, 1.165) is 11.6 Å². The van der Waals surface area contributed by atoms with Crippen molar-refractivity contribution < 1.29 is 28.7 Å². The van der Waals surface area contributed by atoms with E-state index in [1.54, 1.807) is 33.3 Å². The molecule has 0 spiro atoms. The Balaban J connectivity index is 1.68. The van der Waals surface area contributed by atoms with Crippen LogP contribution in [0.1, 0.15) is 16.1 Å². The maximum atomic E-state index is 13.2. The molecule has 0 fully saturated rings. The number of amides is 1. The normalized spacial score (nSPS) is 10.6. The lowest BCUT2D eigenvalue weighted by Gasteiger charge is -2.11. The molecule has 192 valence electrons. The Bertz CT molecular complexity index is 1480. The van der Waals surface area contributed by atoms with E-state index >= 15 is 0 Å². The van der Waals surface area contributed by atoms with E-state index in [2.05, 4.69) is 15.4 Å². The summed E-state index contributed by atoms with van der Waals surface area (Å²) in [6.07, 6.45) is 0. The minimum absolute atomic E-state index is 0.136. The Morgan fingerprint density at radius 2 is 1.62 bits per heavy atom. The summed E-state index contributed by atoms with van der Waals surface area (Å²) in [4.78, 5) is 28.8. The van der Waals surface area contributed by atoms with Crippen molar-refractivity contribution in [3.8, 4) is 39.4 Å². The van der Waals surface area contributed by atoms with Crippen molar-refractivity contribution >= 4 is 28.7 Å². The van der Waals surface area contributed by atoms with E-state index < -0.39 is 16.5 Å². The molecular formula is C24H23N5O7S. The standard InChI is InChI=1S/C24H23N5O7S/c1-13-8-22(26-23(30)15-10-20(35-4)21(36-5)11-17(15)29(31)32)28(27-13)24-25-16(12-37-24)14-6-7-18(33-2)19(9-14)34-3/h6-12H,1-5H3,(H,26,30). The van der Waals surface area contributed by atoms with Crippen LogP contribution in [0.2, 0.25) is 0 Å². The lowest BCUT2D eigenvalue weighted by atomic mass is 10.1. The molecule has 0 bridgehead atoms. The predicted molar refractivity (Wildman–Crippen MR) is 137 cm³/mol. The maximum Gasteiger partial charge on any atom is 0.286 e. The first kappa shape index (κ1) is 25.4. The molecule has 2 aromatic carbocycles. The third-order valence-corrected chi connectivity index (χ3v) is 6.19. The number of nitro benzene ring substituents is 1. The number of aromatic nitrogens is 3. The van der Waals surface area contributed by atoms with Crippen molar-refractivity contribution in [3.63, 3.8) is 0 Å². The number of carbonyl (C=O) groups is 1. The number of rotatable bonds is 9. The fourth-order valence-electron chi connectivity index (χ4n) is 3.61. The summed E-state index contributed by atoms with van der Waals surface area (Å²) < 4.78 is 22.5. The molecule has 0 unspecified atom stereocenters. The van der Waals surface area contributed by atoms with Gasteiger partial charge in [-0.2, -0.15) is 9.78 Å². The molecule has 0 radical (unpaired) electrons. The molecule has 13 heteroatoms. The van der Waals surface area contributed by atoms with E-state index in [-0.39, 0.29) is 17.1 Å². The first-order valence-electron chi connectivity index (χ1n) is 10.8. The summed E-state index contributed by atoms with van der Waals surface area (Å²) >= 11 is 1.31. The van der Waals surface area contributed by atoms with Crippen molar-refractivity contribution in [2.24, 2.45) is 0 Å². The van der Waals surface area contributed by atoms with Gasteiger partial charge in [-0.1, -0.05) is 0 Å². The highest BCUT2D eigenvalue weighted by Crippen LogP contribution is 2.36. The van der Waals surface area contributed by atoms with E-state index in [9.17, 15) is 14.9 Å². The van der Waals surface area contributed by atoms with Crippen molar-refractivity contribution in [1.82, 2.24) is 14.8 Å². The van der Waals surface area contributed by atoms with Crippen LogP contribution in [0.4, 0.5) is 11.5 Å². The Morgan fingerprint density at radius 3 is 2.27 bits per heavy atom. The Hall–Kier alpha value is -4.65. The van der Waals surface area contributed by atoms with E-state index in [0.29, 0.717) is 33.8 Å². The number of nitro groups is 1. The zero-order chi connectivity index (χ0) is 26.7. The fraction of sp³-hybridized carbons (Fsp3) is 0.208. The predicted octanol–water partition coefficient (Wildman–Crippen LogP) is 4.50. The van der Waals surface area contributed by atoms with Gasteiger partial charge in [-0.15, -0.1) is 11.3 Å². The van der Waals surface area contributed by atoms with Crippen molar-refractivity contribution in [2.45, 2.75) is 6.92 Å². The van der Waals surface area contributed by atoms with Gasteiger partial charge in [0, 0.05) is 23.1 Å². The number of benzene rings is 2. The van der Waals surface area contributed by atoms with Gasteiger partial charge in [-0.25, -0.2) is 4.98 Å². The minimum atomic E-state index is -0.717. The SMILES string of the molecule is COc1ccc(-c2csc(-n3nc(C)cc3NC(=O)c3cc(OC)c(OC)cc3[N+](=O)[O-])n2)cc1OC. The molecule has 2 heterocycles. The van der Waals surface area contributed by atoms with Crippen LogP contribution in [0, 0.1) is 17.0 Å². The third kappa shape index (κ3) is 5.02. The first-order chi connectivity index (χ1) is 17.8. The van der Waals surface area contributed by atoms with Gasteiger partial charge in [0.1, 0.15) is 11.4 Å². The highest BCUT2D eigenvalue weighted by atomic mass is 32.1. The molecule has 1 amide bonds. The van der Waals surface area contributed by atoms with Gasteiger partial charge in [0.25, 0.3) is 11.6 Å². The summed E-state index contributed by atoms with van der Waals surface area (Å²) in [6, 6.07) is 9.50. The third-order valence-electron chi connectivity index (χ3n) is 5.37. The monoisotopic (exact) mass is 525 g/mol. The molecule has 0 aliphatic heterocycles. The average Bonchev–Trinajstić information content (AvgIpc) is 3.53. The summed E-state index contributed by atoms with van der Waals surface area (Å²) in [5.74, 6) is 1.05. The number of hydrogen-bond donors (Lipinski definition) is 1. The van der Waals surface area contributed by atoms with Gasteiger partial charge in [0.15, 0.2) is 23.0 Å². The van der Waals surface area contributed by atoms with Gasteiger partial charge < -0.3 is 24.3 Å². The zero-order valence-corrected chi connectivity index (χ0v) is 21.4. The first-order valence-corrected chi connectivity index (χ1v) is 11.6. The van der Waals surface area contributed by atoms with Crippen LogP contribution < -0.4 is 24.3 Å². The number of nitrogens with one attached hydrogen (secondary N) is 1. The average molecular weight is 526 g/mol. The van der Waals surface area contributed by atoms with Crippen LogP contribution in [0.3, 0.4) is 0 Å². The number of thiazole rings is 1. The van der Waals surface area contributed by atoms with E-state index in [4.69, 9.17) is 18.9 Å². The molecule has 0 atom stereocenters. The maximum absolute atomic E-state index is 13.2. The lowest BCUT2D eigenvalue weighted by molar-refractivity contribution is -0.385. The minimum Gasteiger partial charge on any atom is -0.493 e. The number of hydrogen-bond acceptors (Lipinski definition) is 10. The van der Waals surface area contributed by atoms with Gasteiger partial charge in [-0.3, -0.25) is 14.9 Å². The van der Waals surface area contributed by atoms with Crippen LogP contribution in [-0.2, 0) is 0 Å². The fourth-order valence-corrected chi connectivity index (χ4v) is 4.40. The van der Waals surface area contributed by atoms with Crippen LogP contribution in [-0.4, -0.2) is 54.0 Å². The molecular weight excluding hydrogens is 502 g/mol. The summed E-state index contributed by atoms with van der Waals surface area (Å²) in [5.41, 5.74) is 1.46. The quantitative estimate of drug-likeness (QED) is 0.247. The van der Waals surface area contributed by atoms with E-state index in [1.165, 1.54) is 36.3 Å². The Labute approximate surface area is 215 Å². The summed E-state index contributed by atoms with van der Waals surface area (Å²) in [5, 5.41) is 21.1. The number of ether oxygens (including phenoxy) is 4. The molecule has 37 heavy (non-hydrogen) atoms. The van der Waals surface area contributed by atoms with Crippen LogP contribution in [0.5, 0.6) is 23.0 Å². The van der Waals surface area contributed by atoms with Crippen LogP contribution >= 0.6 is 11.3 Å². The summed E-state index contributed by atoms with van der Waals surface area (Å²) in [6.45, 7) is 1.76. The largest absolute Gasteiger partial charge is 0.493 e. The molecule has 4 rings (SSSR count). The van der Waals surface area contributed by atoms with Gasteiger partial charge >= 0.3 is 0 Å². The number of aryl methyl sites for hydroxylation is 1. The molecule has 12 nitrogen and oxygen atoms in total. The molecule has 1 N–H and O–H groups in total. The zero-order valence-electron chi connectivity index (χ0n) is 20.6. The number of anilines is 1. The van der Waals surface area contributed by atoms with Gasteiger partial charge in [-0.05, 0) is 25.1 Å². The van der Waals surface area contributed by atoms with Gasteiger partial charge in [0.2, 0.25) is 5.13 Å². The lowest BCUT2D eigenvalue weighted by Crippen LogP contribution is -2.17. The number of carbonyl (C=O) groups excluding carboxylic acids is 1. The molecule has 2 aromatic heterocycles. The van der Waals surface area contributed by atoms with Gasteiger partial charge in [0.05, 0.1) is 50.8 Å². The highest BCUT2D eigenvalue weighted by molar-refractivity contribution is 7.12. The number of nitrogens with zero attached hydrogens (tertiary/aromatic N) is 4. The highest BCUT2D eigenvalue weighted by Gasteiger charge is 2.26. The smallest absolute Gasteiger partial charge is 0.286 e. The Morgan fingerprint density at radius 1 is 0.973 bits per heavy atom. The van der Waals surface area contributed by atoms with Crippen molar-refractivity contribution in [1.29, 1.82) is 0 Å². The van der Waals surface area contributed by atoms with Crippen molar-refractivity contribution in [2.75, 3.05) is 33.8 Å².